The molecule has 2 rings (SSSR count). The second-order valence-corrected chi connectivity index (χ2v) is 3.61. The van der Waals surface area contributed by atoms with Crippen LogP contribution in [0.1, 0.15) is 12.2 Å². The second kappa shape index (κ2) is 4.73. The predicted molar refractivity (Wildman–Crippen MR) is 60.2 cm³/mol. The standard InChI is InChI=1S/C11H12N4O2/c1-15-9(5-6-10(16)17)13-14-11(15)8-4-2-3-7-12-8/h2-4,7H,5-6H2,1H3,(H,16,17). The SMILES string of the molecule is Cn1c(CCC(=O)O)nnc1-c1ccccn1. The van der Waals surface area contributed by atoms with Crippen LogP contribution in [0.3, 0.4) is 0 Å². The van der Waals surface area contributed by atoms with Crippen molar-refractivity contribution in [1.82, 2.24) is 19.7 Å². The fraction of sp³-hybridized carbons (Fsp3) is 0.273. The van der Waals surface area contributed by atoms with E-state index in [1.165, 1.54) is 0 Å². The number of aryl methyl sites for hydroxylation is 1. The van der Waals surface area contributed by atoms with Crippen LogP contribution in [-0.4, -0.2) is 30.8 Å². The molecule has 0 aliphatic carbocycles. The maximum absolute atomic E-state index is 10.5. The predicted octanol–water partition coefficient (Wildman–Crippen LogP) is 0.894. The van der Waals surface area contributed by atoms with E-state index in [9.17, 15) is 4.79 Å². The van der Waals surface area contributed by atoms with Gasteiger partial charge in [0.05, 0.1) is 6.42 Å². The zero-order valence-corrected chi connectivity index (χ0v) is 9.37. The van der Waals surface area contributed by atoms with Crippen LogP contribution in [-0.2, 0) is 18.3 Å². The van der Waals surface area contributed by atoms with E-state index in [0.29, 0.717) is 18.1 Å². The number of pyridine rings is 1. The van der Waals surface area contributed by atoms with Gasteiger partial charge in [0.15, 0.2) is 5.82 Å². The lowest BCUT2D eigenvalue weighted by Crippen LogP contribution is -2.04. The smallest absolute Gasteiger partial charge is 0.303 e. The van der Waals surface area contributed by atoms with E-state index in [2.05, 4.69) is 15.2 Å². The molecule has 0 aromatic carbocycles. The van der Waals surface area contributed by atoms with Crippen LogP contribution in [0.4, 0.5) is 0 Å². The van der Waals surface area contributed by atoms with E-state index in [-0.39, 0.29) is 6.42 Å². The molecule has 0 unspecified atom stereocenters. The van der Waals surface area contributed by atoms with Crippen molar-refractivity contribution >= 4 is 5.97 Å². The van der Waals surface area contributed by atoms with Crippen molar-refractivity contribution in [3.8, 4) is 11.5 Å². The first kappa shape index (κ1) is 11.3. The summed E-state index contributed by atoms with van der Waals surface area (Å²) in [6.07, 6.45) is 2.10. The molecule has 6 heteroatoms. The first-order valence-corrected chi connectivity index (χ1v) is 5.20. The van der Waals surface area contributed by atoms with Crippen molar-refractivity contribution < 1.29 is 9.90 Å². The molecule has 0 aliphatic heterocycles. The van der Waals surface area contributed by atoms with E-state index < -0.39 is 5.97 Å². The summed E-state index contributed by atoms with van der Waals surface area (Å²) in [5.41, 5.74) is 0.726. The first-order valence-electron chi connectivity index (χ1n) is 5.20. The number of hydrogen-bond donors (Lipinski definition) is 1. The molecule has 6 nitrogen and oxygen atoms in total. The molecule has 0 radical (unpaired) electrons. The van der Waals surface area contributed by atoms with E-state index in [4.69, 9.17) is 5.11 Å². The van der Waals surface area contributed by atoms with Gasteiger partial charge in [0.25, 0.3) is 0 Å². The molecule has 0 aliphatic rings. The van der Waals surface area contributed by atoms with E-state index in [1.54, 1.807) is 17.8 Å². The van der Waals surface area contributed by atoms with Crippen molar-refractivity contribution in [2.24, 2.45) is 7.05 Å². The topological polar surface area (TPSA) is 80.9 Å². The number of carboxylic acids is 1. The van der Waals surface area contributed by atoms with Crippen LogP contribution < -0.4 is 0 Å². The normalized spacial score (nSPS) is 10.4. The van der Waals surface area contributed by atoms with Gasteiger partial charge in [0.1, 0.15) is 11.5 Å². The molecule has 2 heterocycles. The fourth-order valence-corrected chi connectivity index (χ4v) is 1.52. The maximum atomic E-state index is 10.5. The summed E-state index contributed by atoms with van der Waals surface area (Å²) in [5.74, 6) is 0.450. The van der Waals surface area contributed by atoms with Gasteiger partial charge in [-0.05, 0) is 12.1 Å². The summed E-state index contributed by atoms with van der Waals surface area (Å²) in [5, 5.41) is 16.6. The number of aromatic nitrogens is 4. The Balaban J connectivity index is 2.24. The second-order valence-electron chi connectivity index (χ2n) is 3.61. The third-order valence-electron chi connectivity index (χ3n) is 2.42. The summed E-state index contributed by atoms with van der Waals surface area (Å²) < 4.78 is 1.77. The molecule has 0 amide bonds. The molecule has 0 spiro atoms. The van der Waals surface area contributed by atoms with Gasteiger partial charge in [-0.15, -0.1) is 10.2 Å². The Morgan fingerprint density at radius 1 is 1.41 bits per heavy atom. The highest BCUT2D eigenvalue weighted by atomic mass is 16.4. The molecule has 0 fully saturated rings. The number of hydrogen-bond acceptors (Lipinski definition) is 4. The highest BCUT2D eigenvalue weighted by Gasteiger charge is 2.12. The highest BCUT2D eigenvalue weighted by molar-refractivity contribution is 5.66. The first-order chi connectivity index (χ1) is 8.18. The molecule has 0 atom stereocenters. The van der Waals surface area contributed by atoms with E-state index in [1.807, 2.05) is 18.2 Å². The summed E-state index contributed by atoms with van der Waals surface area (Å²) in [6, 6.07) is 5.53. The molecule has 2 aromatic heterocycles. The van der Waals surface area contributed by atoms with Gasteiger partial charge in [0, 0.05) is 19.7 Å². The molecule has 1 N–H and O–H groups in total. The molecule has 17 heavy (non-hydrogen) atoms. The summed E-state index contributed by atoms with van der Waals surface area (Å²) >= 11 is 0. The molecule has 88 valence electrons. The Bertz CT molecular complexity index is 522. The van der Waals surface area contributed by atoms with Crippen molar-refractivity contribution in [3.05, 3.63) is 30.2 Å². The Morgan fingerprint density at radius 2 is 2.24 bits per heavy atom. The molecule has 0 bridgehead atoms. The van der Waals surface area contributed by atoms with Crippen LogP contribution in [0.25, 0.3) is 11.5 Å². The minimum atomic E-state index is -0.840. The van der Waals surface area contributed by atoms with Crippen molar-refractivity contribution in [2.75, 3.05) is 0 Å². The Kier molecular flexibility index (Phi) is 3.13. The van der Waals surface area contributed by atoms with Gasteiger partial charge < -0.3 is 9.67 Å². The van der Waals surface area contributed by atoms with Gasteiger partial charge in [0.2, 0.25) is 0 Å². The largest absolute Gasteiger partial charge is 0.481 e. The summed E-state index contributed by atoms with van der Waals surface area (Å²) in [4.78, 5) is 14.7. The van der Waals surface area contributed by atoms with E-state index in [0.717, 1.165) is 5.69 Å². The van der Waals surface area contributed by atoms with Crippen LogP contribution in [0.15, 0.2) is 24.4 Å². The summed E-state index contributed by atoms with van der Waals surface area (Å²) in [6.45, 7) is 0. The lowest BCUT2D eigenvalue weighted by molar-refractivity contribution is -0.137. The van der Waals surface area contributed by atoms with Gasteiger partial charge in [-0.2, -0.15) is 0 Å². The minimum absolute atomic E-state index is 0.0498. The van der Waals surface area contributed by atoms with Gasteiger partial charge in [-0.25, -0.2) is 0 Å². The highest BCUT2D eigenvalue weighted by Crippen LogP contribution is 2.14. The van der Waals surface area contributed by atoms with Crippen LogP contribution in [0.5, 0.6) is 0 Å². The lowest BCUT2D eigenvalue weighted by atomic mass is 10.3. The minimum Gasteiger partial charge on any atom is -0.481 e. The molecule has 2 aromatic rings. The van der Waals surface area contributed by atoms with Crippen molar-refractivity contribution in [1.29, 1.82) is 0 Å². The Hall–Kier alpha value is -2.24. The average molecular weight is 232 g/mol. The number of carboxylic acid groups (broad SMARTS) is 1. The molecule has 0 saturated carbocycles. The summed E-state index contributed by atoms with van der Waals surface area (Å²) in [7, 11) is 1.81. The maximum Gasteiger partial charge on any atom is 0.303 e. The van der Waals surface area contributed by atoms with Crippen LogP contribution in [0.2, 0.25) is 0 Å². The third-order valence-corrected chi connectivity index (χ3v) is 2.42. The van der Waals surface area contributed by atoms with Crippen molar-refractivity contribution in [2.45, 2.75) is 12.8 Å². The number of rotatable bonds is 4. The Morgan fingerprint density at radius 3 is 2.88 bits per heavy atom. The van der Waals surface area contributed by atoms with Gasteiger partial charge in [-0.3, -0.25) is 9.78 Å². The number of carbonyl (C=O) groups is 1. The van der Waals surface area contributed by atoms with Crippen LogP contribution in [0, 0.1) is 0 Å². The van der Waals surface area contributed by atoms with E-state index >= 15 is 0 Å². The lowest BCUT2D eigenvalue weighted by Gasteiger charge is -2.01. The fourth-order valence-electron chi connectivity index (χ4n) is 1.52. The zero-order chi connectivity index (χ0) is 12.3. The quantitative estimate of drug-likeness (QED) is 0.846. The third kappa shape index (κ3) is 2.47. The Labute approximate surface area is 98.0 Å². The molecular formula is C11H12N4O2. The van der Waals surface area contributed by atoms with Gasteiger partial charge >= 0.3 is 5.97 Å². The monoisotopic (exact) mass is 232 g/mol. The molecule has 0 saturated heterocycles. The zero-order valence-electron chi connectivity index (χ0n) is 9.37. The van der Waals surface area contributed by atoms with Crippen molar-refractivity contribution in [3.63, 3.8) is 0 Å². The number of nitrogens with zero attached hydrogens (tertiary/aromatic N) is 4. The van der Waals surface area contributed by atoms with Gasteiger partial charge in [-0.1, -0.05) is 6.07 Å². The number of aliphatic carboxylic acids is 1. The van der Waals surface area contributed by atoms with Crippen LogP contribution >= 0.6 is 0 Å². The molecular weight excluding hydrogens is 220 g/mol. The average Bonchev–Trinajstić information content (AvgIpc) is 2.69.